The molecule has 10 fully saturated rings. The number of hydrogen-bond acceptors (Lipinski definition) is 28. The lowest BCUT2D eigenvalue weighted by Crippen LogP contribution is -2.72. The Labute approximate surface area is 510 Å². The lowest BCUT2D eigenvalue weighted by atomic mass is 9.32. The van der Waals surface area contributed by atoms with Crippen LogP contribution in [0, 0.1) is 50.2 Å². The van der Waals surface area contributed by atoms with Crippen molar-refractivity contribution in [2.24, 2.45) is 50.2 Å². The molecule has 88 heavy (non-hydrogen) atoms. The van der Waals surface area contributed by atoms with Gasteiger partial charge in [-0.15, -0.1) is 0 Å². The molecule has 5 aliphatic carbocycles. The van der Waals surface area contributed by atoms with Crippen LogP contribution < -0.4 is 0 Å². The molecule has 11 aliphatic rings. The highest BCUT2D eigenvalue weighted by atomic mass is 16.8. The van der Waals surface area contributed by atoms with Crippen molar-refractivity contribution in [1.82, 2.24) is 0 Å². The van der Waals surface area contributed by atoms with Crippen LogP contribution in [0.3, 0.4) is 0 Å². The van der Waals surface area contributed by atoms with Crippen LogP contribution in [0.25, 0.3) is 0 Å². The SMILES string of the molecule is C[C@H]1O[C@@H](O[C@H]2CC[C@@]3(C)[C@@H](CC[C@]4(C)[C@@H]3C=C[C@]35OC[C@@]6(CCC(C)(C)C[C@H]63)[C@@H](O)C[C@]54C)[C@]2(C)CO)[C@H](O[C@@H]2O[C@H](CO)[C@@H](O)[C@H](O)[C@H]2O)[C@@H](O[C@@H]2O[C@H](CO[C@@H]3O[C@H](CO)[C@@H](O[C@@H]4O[C@H](CO)[C@@H](O)[C@H](O)[C@H]4O)[C@H](O)[C@H]3O)[C@@H](O)[C@H](O)[C@H]2O)[C@H]1O. The highest BCUT2D eigenvalue weighted by Gasteiger charge is 2.79. The molecular weight excluding hydrogens is 1170 g/mol. The Hall–Kier alpha value is -1.38. The van der Waals surface area contributed by atoms with E-state index in [1.165, 1.54) is 6.92 Å². The summed E-state index contributed by atoms with van der Waals surface area (Å²) in [5, 5.41) is 187. The smallest absolute Gasteiger partial charge is 0.187 e. The van der Waals surface area contributed by atoms with Gasteiger partial charge in [-0.1, -0.05) is 53.7 Å². The summed E-state index contributed by atoms with van der Waals surface area (Å²) in [6.07, 6.45) is -35.5. The molecule has 0 aromatic heterocycles. The van der Waals surface area contributed by atoms with Gasteiger partial charge < -0.3 is 139 Å². The molecule has 0 aromatic rings. The van der Waals surface area contributed by atoms with Gasteiger partial charge in [0.15, 0.2) is 31.5 Å². The van der Waals surface area contributed by atoms with Gasteiger partial charge in [0.2, 0.25) is 0 Å². The topological polar surface area (TPSA) is 445 Å². The molecule has 0 aromatic carbocycles. The molecular formula is C60H98O28. The third-order valence-electron chi connectivity index (χ3n) is 24.2. The van der Waals surface area contributed by atoms with Gasteiger partial charge in [0, 0.05) is 22.2 Å². The van der Waals surface area contributed by atoms with E-state index in [4.69, 9.17) is 52.1 Å². The maximum atomic E-state index is 12.4. The summed E-state index contributed by atoms with van der Waals surface area (Å²) in [5.41, 5.74) is -3.03. The van der Waals surface area contributed by atoms with Crippen LogP contribution in [-0.2, 0) is 52.1 Å². The van der Waals surface area contributed by atoms with E-state index in [-0.39, 0.29) is 40.6 Å². The van der Waals surface area contributed by atoms with Gasteiger partial charge >= 0.3 is 0 Å². The number of fused-ring (bicyclic) bond motifs is 4. The molecule has 2 bridgehead atoms. The molecule has 28 heteroatoms. The summed E-state index contributed by atoms with van der Waals surface area (Å²) in [5.74, 6) is -0.0605. The first kappa shape index (κ1) is 68.0. The molecule has 1 spiro atoms. The molecule has 506 valence electrons. The third-order valence-corrected chi connectivity index (χ3v) is 24.2. The molecule has 4 saturated carbocycles. The predicted octanol–water partition coefficient (Wildman–Crippen LogP) is -4.75. The van der Waals surface area contributed by atoms with Crippen molar-refractivity contribution in [3.63, 3.8) is 0 Å². The van der Waals surface area contributed by atoms with E-state index < -0.39 is 214 Å². The van der Waals surface area contributed by atoms with Gasteiger partial charge in [-0.25, -0.2) is 0 Å². The molecule has 6 saturated heterocycles. The van der Waals surface area contributed by atoms with Crippen molar-refractivity contribution < 1.29 is 139 Å². The van der Waals surface area contributed by atoms with Crippen molar-refractivity contribution in [2.75, 3.05) is 39.6 Å². The zero-order valence-corrected chi connectivity index (χ0v) is 51.0. The minimum atomic E-state index is -2.09. The average Bonchev–Trinajstić information content (AvgIpc) is 1.32. The number of ether oxygens (including phenoxy) is 11. The van der Waals surface area contributed by atoms with E-state index in [0.29, 0.717) is 32.3 Å². The van der Waals surface area contributed by atoms with E-state index >= 15 is 0 Å². The first-order valence-corrected chi connectivity index (χ1v) is 31.5. The van der Waals surface area contributed by atoms with Crippen LogP contribution in [0.5, 0.6) is 0 Å². The van der Waals surface area contributed by atoms with Crippen molar-refractivity contribution in [1.29, 1.82) is 0 Å². The Bertz CT molecular complexity index is 2440. The highest BCUT2D eigenvalue weighted by Crippen LogP contribution is 2.79. The molecule has 0 unspecified atom stereocenters. The number of aliphatic hydroxyl groups excluding tert-OH is 17. The lowest BCUT2D eigenvalue weighted by Gasteiger charge is -2.73. The number of aliphatic hydroxyl groups is 17. The van der Waals surface area contributed by atoms with Crippen LogP contribution in [0.4, 0.5) is 0 Å². The summed E-state index contributed by atoms with van der Waals surface area (Å²) in [6.45, 7) is 11.9. The van der Waals surface area contributed by atoms with Gasteiger partial charge in [-0.2, -0.15) is 0 Å². The van der Waals surface area contributed by atoms with Crippen molar-refractivity contribution in [2.45, 2.75) is 271 Å². The maximum Gasteiger partial charge on any atom is 0.187 e. The number of hydrogen-bond donors (Lipinski definition) is 17. The normalized spacial score (nSPS) is 57.6. The van der Waals surface area contributed by atoms with Crippen molar-refractivity contribution >= 4 is 0 Å². The van der Waals surface area contributed by atoms with Crippen LogP contribution in [-0.4, -0.2) is 298 Å². The zero-order valence-electron chi connectivity index (χ0n) is 51.0. The quantitative estimate of drug-likeness (QED) is 0.0541. The third kappa shape index (κ3) is 10.6. The van der Waals surface area contributed by atoms with Gasteiger partial charge in [-0.3, -0.25) is 0 Å². The van der Waals surface area contributed by atoms with Gasteiger partial charge in [-0.05, 0) is 86.4 Å². The summed E-state index contributed by atoms with van der Waals surface area (Å²) in [7, 11) is 0. The molecule has 28 nitrogen and oxygen atoms in total. The largest absolute Gasteiger partial charge is 0.396 e. The van der Waals surface area contributed by atoms with Crippen LogP contribution in [0.15, 0.2) is 12.2 Å². The molecule has 17 N–H and O–H groups in total. The summed E-state index contributed by atoms with van der Waals surface area (Å²) >= 11 is 0. The lowest BCUT2D eigenvalue weighted by molar-refractivity contribution is -0.399. The second kappa shape index (κ2) is 24.7. The van der Waals surface area contributed by atoms with E-state index in [9.17, 15) is 86.8 Å². The van der Waals surface area contributed by atoms with E-state index in [1.807, 2.05) is 6.92 Å². The number of allylic oxidation sites excluding steroid dienone is 1. The standard InChI is InChI=1S/C60H98O28/c1-24-34(66)47(87-52-44(76)40(72)37(69)28(84-52)21-78-49-45(77)41(73)46(27(20-63)83-49)86-50-42(74)38(70)35(67)25(18-61)81-50)48(88-51-43(75)39(71)36(68)26(19-62)82-51)53(80-24)85-33-10-11-55(4)29(56(33,5)22-64)8-12-57(6)30(55)9-13-60-31-16-54(2,3)14-15-59(31,23-79-60)32(65)17-58(57,60)7/h9,13,24-53,61-77H,8,10-12,14-23H2,1-7H3/t24-,25-,26-,27-,28-,29-,30-,31-,32+,33+,34+,35-,36-,37-,38+,39+,40+,41-,42-,43-,44-,45-,46-,47+,48-,49-,50+,51+,52+,53+,55+,56+,57-,58+,59-,60+/m1/s1. The highest BCUT2D eigenvalue weighted by molar-refractivity contribution is 5.36. The molecule has 6 aliphatic heterocycles. The van der Waals surface area contributed by atoms with Gasteiger partial charge in [0.1, 0.15) is 116 Å². The Kier molecular flexibility index (Phi) is 19.1. The Balaban J connectivity index is 0.835. The van der Waals surface area contributed by atoms with E-state index in [1.54, 1.807) is 0 Å². The van der Waals surface area contributed by atoms with Crippen molar-refractivity contribution in [3.8, 4) is 0 Å². The maximum absolute atomic E-state index is 12.4. The van der Waals surface area contributed by atoms with Gasteiger partial charge in [0.25, 0.3) is 0 Å². The fourth-order valence-corrected chi connectivity index (χ4v) is 18.6. The molecule has 0 amide bonds. The Morgan fingerprint density at radius 1 is 0.477 bits per heavy atom. The summed E-state index contributed by atoms with van der Waals surface area (Å²) in [6, 6.07) is 0. The molecule has 0 radical (unpaired) electrons. The fraction of sp³-hybridized carbons (Fsp3) is 0.967. The Morgan fingerprint density at radius 2 is 1.01 bits per heavy atom. The predicted molar refractivity (Wildman–Crippen MR) is 295 cm³/mol. The van der Waals surface area contributed by atoms with Crippen LogP contribution >= 0.6 is 0 Å². The molecule has 11 rings (SSSR count). The second-order valence-corrected chi connectivity index (χ2v) is 29.4. The summed E-state index contributed by atoms with van der Waals surface area (Å²) in [4.78, 5) is 0. The average molecular weight is 1270 g/mol. The molecule has 6 heterocycles. The van der Waals surface area contributed by atoms with Crippen LogP contribution in [0.2, 0.25) is 0 Å². The van der Waals surface area contributed by atoms with Crippen molar-refractivity contribution in [3.05, 3.63) is 12.2 Å². The zero-order chi connectivity index (χ0) is 63.9. The van der Waals surface area contributed by atoms with Gasteiger partial charge in [0.05, 0.1) is 63.6 Å². The van der Waals surface area contributed by atoms with Crippen LogP contribution in [0.1, 0.15) is 99.8 Å². The number of rotatable bonds is 15. The van der Waals surface area contributed by atoms with E-state index in [2.05, 4.69) is 46.8 Å². The molecule has 36 atom stereocenters. The van der Waals surface area contributed by atoms with E-state index in [0.717, 1.165) is 25.7 Å². The minimum absolute atomic E-state index is 0.0164. The minimum Gasteiger partial charge on any atom is -0.396 e. The first-order valence-electron chi connectivity index (χ1n) is 31.5. The first-order chi connectivity index (χ1) is 41.4. The second-order valence-electron chi connectivity index (χ2n) is 29.4. The fourth-order valence-electron chi connectivity index (χ4n) is 18.6. The summed E-state index contributed by atoms with van der Waals surface area (Å²) < 4.78 is 67.8. The Morgan fingerprint density at radius 3 is 1.59 bits per heavy atom. The monoisotopic (exact) mass is 1270 g/mol.